The van der Waals surface area contributed by atoms with E-state index in [1.807, 2.05) is 6.08 Å². The topological polar surface area (TPSA) is 20.2 Å². The lowest BCUT2D eigenvalue weighted by atomic mass is 9.61. The van der Waals surface area contributed by atoms with E-state index in [-0.39, 0.29) is 11.5 Å². The number of aliphatic hydroxyl groups excluding tert-OH is 1. The molecule has 0 aromatic rings. The zero-order chi connectivity index (χ0) is 8.65. The molecule has 0 aromatic heterocycles. The molecule has 1 heteroatoms. The number of aliphatic hydroxyl groups is 1. The second-order valence-electron chi connectivity index (χ2n) is 4.34. The molecule has 0 radical (unpaired) electrons. The Hall–Kier alpha value is -0.300. The van der Waals surface area contributed by atoms with Crippen molar-refractivity contribution in [3.05, 3.63) is 12.7 Å². The highest BCUT2D eigenvalue weighted by Crippen LogP contribution is 2.45. The molecule has 0 saturated heterocycles. The molecule has 1 aliphatic rings. The van der Waals surface area contributed by atoms with Gasteiger partial charge in [-0.1, -0.05) is 26.8 Å². The standard InChI is InChI=1S/C10H18O/c1-5-10(3,4)8-6-7(2)9(8)11/h5,7-9,11H,1,6H2,2-4H3. The molecular weight excluding hydrogens is 136 g/mol. The van der Waals surface area contributed by atoms with Crippen molar-refractivity contribution in [2.75, 3.05) is 0 Å². The molecule has 0 spiro atoms. The Morgan fingerprint density at radius 1 is 1.55 bits per heavy atom. The van der Waals surface area contributed by atoms with Gasteiger partial charge in [0.2, 0.25) is 0 Å². The minimum Gasteiger partial charge on any atom is -0.393 e. The van der Waals surface area contributed by atoms with Crippen molar-refractivity contribution < 1.29 is 5.11 Å². The first kappa shape index (κ1) is 8.79. The third-order valence-electron chi connectivity index (χ3n) is 3.10. The summed E-state index contributed by atoms with van der Waals surface area (Å²) in [6, 6.07) is 0. The van der Waals surface area contributed by atoms with E-state index in [0.29, 0.717) is 11.8 Å². The fraction of sp³-hybridized carbons (Fsp3) is 0.800. The van der Waals surface area contributed by atoms with Crippen LogP contribution in [0, 0.1) is 17.3 Å². The quantitative estimate of drug-likeness (QED) is 0.605. The highest BCUT2D eigenvalue weighted by atomic mass is 16.3. The van der Waals surface area contributed by atoms with Gasteiger partial charge in [-0.05, 0) is 23.7 Å². The van der Waals surface area contributed by atoms with Crippen molar-refractivity contribution in [1.82, 2.24) is 0 Å². The van der Waals surface area contributed by atoms with E-state index in [1.54, 1.807) is 0 Å². The van der Waals surface area contributed by atoms with Gasteiger partial charge in [-0.15, -0.1) is 6.58 Å². The average molecular weight is 154 g/mol. The van der Waals surface area contributed by atoms with Crippen molar-refractivity contribution in [2.45, 2.75) is 33.3 Å². The molecule has 3 atom stereocenters. The van der Waals surface area contributed by atoms with E-state index >= 15 is 0 Å². The smallest absolute Gasteiger partial charge is 0.0602 e. The van der Waals surface area contributed by atoms with Crippen LogP contribution in [0.4, 0.5) is 0 Å². The highest BCUT2D eigenvalue weighted by Gasteiger charge is 2.44. The van der Waals surface area contributed by atoms with Crippen LogP contribution in [0.5, 0.6) is 0 Å². The maximum Gasteiger partial charge on any atom is 0.0602 e. The van der Waals surface area contributed by atoms with E-state index in [9.17, 15) is 5.11 Å². The lowest BCUT2D eigenvalue weighted by Crippen LogP contribution is -2.47. The van der Waals surface area contributed by atoms with Crippen molar-refractivity contribution in [1.29, 1.82) is 0 Å². The van der Waals surface area contributed by atoms with Crippen molar-refractivity contribution in [3.63, 3.8) is 0 Å². The van der Waals surface area contributed by atoms with E-state index < -0.39 is 0 Å². The Bertz CT molecular complexity index is 160. The molecule has 1 N–H and O–H groups in total. The fourth-order valence-corrected chi connectivity index (χ4v) is 1.78. The highest BCUT2D eigenvalue weighted by molar-refractivity contribution is 5.02. The second-order valence-corrected chi connectivity index (χ2v) is 4.34. The molecule has 64 valence electrons. The number of hydrogen-bond donors (Lipinski definition) is 1. The molecule has 0 aromatic carbocycles. The molecular formula is C10H18O. The molecule has 1 aliphatic carbocycles. The maximum absolute atomic E-state index is 9.60. The van der Waals surface area contributed by atoms with Crippen molar-refractivity contribution in [2.24, 2.45) is 17.3 Å². The molecule has 1 nitrogen and oxygen atoms in total. The summed E-state index contributed by atoms with van der Waals surface area (Å²) in [5.41, 5.74) is 0.103. The summed E-state index contributed by atoms with van der Waals surface area (Å²) in [6.07, 6.45) is 2.98. The van der Waals surface area contributed by atoms with Crippen LogP contribution in [0.15, 0.2) is 12.7 Å². The number of allylic oxidation sites excluding steroid dienone is 1. The van der Waals surface area contributed by atoms with E-state index in [4.69, 9.17) is 0 Å². The third-order valence-corrected chi connectivity index (χ3v) is 3.10. The Morgan fingerprint density at radius 2 is 2.09 bits per heavy atom. The lowest BCUT2D eigenvalue weighted by molar-refractivity contribution is -0.0741. The average Bonchev–Trinajstić information content (AvgIpc) is 1.99. The van der Waals surface area contributed by atoms with Gasteiger partial charge in [0.05, 0.1) is 6.10 Å². The van der Waals surface area contributed by atoms with Gasteiger partial charge in [0, 0.05) is 0 Å². The summed E-state index contributed by atoms with van der Waals surface area (Å²) < 4.78 is 0. The van der Waals surface area contributed by atoms with Crippen molar-refractivity contribution in [3.8, 4) is 0 Å². The molecule has 0 bridgehead atoms. The van der Waals surface area contributed by atoms with Crippen LogP contribution in [0.25, 0.3) is 0 Å². The van der Waals surface area contributed by atoms with Crippen LogP contribution in [0.3, 0.4) is 0 Å². The van der Waals surface area contributed by atoms with Crippen LogP contribution in [-0.2, 0) is 0 Å². The van der Waals surface area contributed by atoms with E-state index in [1.165, 1.54) is 0 Å². The van der Waals surface area contributed by atoms with Gasteiger partial charge in [0.1, 0.15) is 0 Å². The summed E-state index contributed by atoms with van der Waals surface area (Å²) in [5, 5.41) is 9.60. The Kier molecular flexibility index (Phi) is 2.10. The maximum atomic E-state index is 9.60. The molecule has 1 rings (SSSR count). The van der Waals surface area contributed by atoms with Crippen LogP contribution >= 0.6 is 0 Å². The Labute approximate surface area is 69.1 Å². The van der Waals surface area contributed by atoms with Gasteiger partial charge in [0.15, 0.2) is 0 Å². The molecule has 0 heterocycles. The largest absolute Gasteiger partial charge is 0.393 e. The SMILES string of the molecule is C=CC(C)(C)C1CC(C)C1O. The van der Waals surface area contributed by atoms with Gasteiger partial charge in [-0.25, -0.2) is 0 Å². The molecule has 1 saturated carbocycles. The second kappa shape index (κ2) is 2.63. The van der Waals surface area contributed by atoms with Crippen LogP contribution in [-0.4, -0.2) is 11.2 Å². The van der Waals surface area contributed by atoms with Gasteiger partial charge < -0.3 is 5.11 Å². The first-order valence-corrected chi connectivity index (χ1v) is 4.30. The summed E-state index contributed by atoms with van der Waals surface area (Å²) in [6.45, 7) is 10.2. The Morgan fingerprint density at radius 3 is 2.36 bits per heavy atom. The van der Waals surface area contributed by atoms with Gasteiger partial charge in [-0.2, -0.15) is 0 Å². The summed E-state index contributed by atoms with van der Waals surface area (Å²) >= 11 is 0. The van der Waals surface area contributed by atoms with Crippen LogP contribution in [0.1, 0.15) is 27.2 Å². The monoisotopic (exact) mass is 154 g/mol. The van der Waals surface area contributed by atoms with Crippen LogP contribution in [0.2, 0.25) is 0 Å². The minimum absolute atomic E-state index is 0.103. The number of hydrogen-bond acceptors (Lipinski definition) is 1. The third kappa shape index (κ3) is 1.34. The Balaban J connectivity index is 2.57. The van der Waals surface area contributed by atoms with E-state index in [2.05, 4.69) is 27.4 Å². The van der Waals surface area contributed by atoms with Gasteiger partial charge >= 0.3 is 0 Å². The number of rotatable bonds is 2. The van der Waals surface area contributed by atoms with Gasteiger partial charge in [-0.3, -0.25) is 0 Å². The summed E-state index contributed by atoms with van der Waals surface area (Å²) in [5.74, 6) is 0.911. The lowest BCUT2D eigenvalue weighted by Gasteiger charge is -2.47. The normalized spacial score (nSPS) is 38.0. The predicted octanol–water partition coefficient (Wildman–Crippen LogP) is 2.22. The zero-order valence-electron chi connectivity index (χ0n) is 7.67. The minimum atomic E-state index is -0.108. The molecule has 0 aliphatic heterocycles. The fourth-order valence-electron chi connectivity index (χ4n) is 1.78. The molecule has 0 amide bonds. The summed E-state index contributed by atoms with van der Waals surface area (Å²) in [4.78, 5) is 0. The molecule has 3 unspecified atom stereocenters. The first-order valence-electron chi connectivity index (χ1n) is 4.30. The van der Waals surface area contributed by atoms with Crippen LogP contribution < -0.4 is 0 Å². The van der Waals surface area contributed by atoms with Crippen molar-refractivity contribution >= 4 is 0 Å². The zero-order valence-corrected chi connectivity index (χ0v) is 7.67. The molecule has 11 heavy (non-hydrogen) atoms. The molecule has 1 fully saturated rings. The van der Waals surface area contributed by atoms with E-state index in [0.717, 1.165) is 6.42 Å². The van der Waals surface area contributed by atoms with Gasteiger partial charge in [0.25, 0.3) is 0 Å². The predicted molar refractivity (Wildman–Crippen MR) is 47.3 cm³/mol. The summed E-state index contributed by atoms with van der Waals surface area (Å²) in [7, 11) is 0. The first-order chi connectivity index (χ1) is 4.99.